The molecule has 0 aliphatic rings. The quantitative estimate of drug-likeness (QED) is 0.878. The minimum atomic E-state index is -1.61. The van der Waals surface area contributed by atoms with Crippen molar-refractivity contribution in [2.75, 3.05) is 6.61 Å². The number of rotatable bonds is 4. The van der Waals surface area contributed by atoms with Crippen LogP contribution in [-0.2, 0) is 0 Å². The van der Waals surface area contributed by atoms with Gasteiger partial charge in [0.05, 0.1) is 12.2 Å². The predicted molar refractivity (Wildman–Crippen MR) is 75.7 cm³/mol. The lowest BCUT2D eigenvalue weighted by Crippen LogP contribution is -2.09. The highest BCUT2D eigenvalue weighted by Gasteiger charge is 2.24. The van der Waals surface area contributed by atoms with Gasteiger partial charge in [0.25, 0.3) is 0 Å². The fraction of sp³-hybridized carbons (Fsp3) is 0.200. The molecule has 0 radical (unpaired) electrons. The third kappa shape index (κ3) is 3.39. The van der Waals surface area contributed by atoms with E-state index in [1.54, 1.807) is 19.1 Å². The van der Waals surface area contributed by atoms with Gasteiger partial charge in [-0.3, -0.25) is 0 Å². The average molecular weight is 361 g/mol. The Morgan fingerprint density at radius 2 is 1.76 bits per heavy atom. The molecule has 0 aromatic heterocycles. The molecule has 0 bridgehead atoms. The lowest BCUT2D eigenvalue weighted by atomic mass is 9.99. The van der Waals surface area contributed by atoms with Crippen LogP contribution in [-0.4, -0.2) is 11.7 Å². The second-order valence-electron chi connectivity index (χ2n) is 4.30. The second kappa shape index (κ2) is 6.49. The number of aliphatic hydroxyl groups excluding tert-OH is 1. The Labute approximate surface area is 128 Å². The minimum absolute atomic E-state index is 0.190. The summed E-state index contributed by atoms with van der Waals surface area (Å²) in [5.74, 6) is -3.04. The number of benzene rings is 2. The zero-order valence-corrected chi connectivity index (χ0v) is 12.6. The molecule has 0 aliphatic carbocycles. The molecule has 1 atom stereocenters. The molecule has 21 heavy (non-hydrogen) atoms. The van der Waals surface area contributed by atoms with Gasteiger partial charge in [0, 0.05) is 22.2 Å². The monoisotopic (exact) mass is 360 g/mol. The van der Waals surface area contributed by atoms with Crippen LogP contribution in [0.3, 0.4) is 0 Å². The van der Waals surface area contributed by atoms with Gasteiger partial charge in [-0.15, -0.1) is 0 Å². The van der Waals surface area contributed by atoms with Gasteiger partial charge < -0.3 is 9.84 Å². The van der Waals surface area contributed by atoms with Gasteiger partial charge >= 0.3 is 0 Å². The molecule has 0 fully saturated rings. The molecule has 0 heterocycles. The number of ether oxygens (including phenoxy) is 1. The van der Waals surface area contributed by atoms with E-state index in [1.165, 1.54) is 6.07 Å². The van der Waals surface area contributed by atoms with Crippen molar-refractivity contribution in [1.82, 2.24) is 0 Å². The maximum atomic E-state index is 13.8. The number of hydrogen-bond donors (Lipinski definition) is 1. The molecule has 1 unspecified atom stereocenters. The zero-order chi connectivity index (χ0) is 15.6. The molecule has 2 rings (SSSR count). The number of aliphatic hydroxyl groups is 1. The van der Waals surface area contributed by atoms with Gasteiger partial charge in [-0.25, -0.2) is 13.2 Å². The fourth-order valence-electron chi connectivity index (χ4n) is 1.99. The highest BCUT2D eigenvalue weighted by atomic mass is 79.9. The molecule has 0 saturated carbocycles. The van der Waals surface area contributed by atoms with Crippen molar-refractivity contribution >= 4 is 15.9 Å². The Balaban J connectivity index is 2.54. The van der Waals surface area contributed by atoms with E-state index in [-0.39, 0.29) is 5.56 Å². The average Bonchev–Trinajstić information content (AvgIpc) is 2.39. The van der Waals surface area contributed by atoms with Crippen molar-refractivity contribution in [3.8, 4) is 5.75 Å². The topological polar surface area (TPSA) is 29.5 Å². The smallest absolute Gasteiger partial charge is 0.135 e. The maximum absolute atomic E-state index is 13.8. The van der Waals surface area contributed by atoms with Crippen molar-refractivity contribution in [3.63, 3.8) is 0 Å². The highest BCUT2D eigenvalue weighted by molar-refractivity contribution is 9.10. The van der Waals surface area contributed by atoms with Gasteiger partial charge in [0.2, 0.25) is 0 Å². The summed E-state index contributed by atoms with van der Waals surface area (Å²) in [6.45, 7) is 2.08. The van der Waals surface area contributed by atoms with Crippen molar-refractivity contribution in [1.29, 1.82) is 0 Å². The summed E-state index contributed by atoms with van der Waals surface area (Å²) in [6.07, 6.45) is -1.61. The summed E-state index contributed by atoms with van der Waals surface area (Å²) in [5.41, 5.74) is -0.425. The standard InChI is InChI=1S/C15H12BrF3O2/c1-2-21-13-4-3-8(16)5-10(13)15(20)14-11(18)6-9(17)7-12(14)19/h3-7,15,20H,2H2,1H3. The van der Waals surface area contributed by atoms with Crippen LogP contribution in [0.25, 0.3) is 0 Å². The number of hydrogen-bond acceptors (Lipinski definition) is 2. The second-order valence-corrected chi connectivity index (χ2v) is 5.22. The van der Waals surface area contributed by atoms with E-state index in [4.69, 9.17) is 4.74 Å². The van der Waals surface area contributed by atoms with Crippen LogP contribution in [0.15, 0.2) is 34.8 Å². The van der Waals surface area contributed by atoms with E-state index in [1.807, 2.05) is 0 Å². The van der Waals surface area contributed by atoms with E-state index >= 15 is 0 Å². The molecular formula is C15H12BrF3O2. The Bertz CT molecular complexity index is 638. The van der Waals surface area contributed by atoms with Crippen LogP contribution in [0.1, 0.15) is 24.2 Å². The van der Waals surface area contributed by atoms with E-state index < -0.39 is 29.1 Å². The Hall–Kier alpha value is -1.53. The van der Waals surface area contributed by atoms with Crippen molar-refractivity contribution < 1.29 is 23.0 Å². The third-order valence-corrected chi connectivity index (χ3v) is 3.38. The zero-order valence-electron chi connectivity index (χ0n) is 11.0. The van der Waals surface area contributed by atoms with Gasteiger partial charge in [-0.05, 0) is 25.1 Å². The van der Waals surface area contributed by atoms with E-state index in [2.05, 4.69) is 15.9 Å². The first-order valence-electron chi connectivity index (χ1n) is 6.18. The van der Waals surface area contributed by atoms with Crippen LogP contribution in [0, 0.1) is 17.5 Å². The summed E-state index contributed by atoms with van der Waals surface area (Å²) in [5, 5.41) is 10.3. The minimum Gasteiger partial charge on any atom is -0.493 e. The van der Waals surface area contributed by atoms with Gasteiger partial charge in [0.1, 0.15) is 29.3 Å². The summed E-state index contributed by atoms with van der Waals surface area (Å²) >= 11 is 3.22. The number of halogens is 4. The van der Waals surface area contributed by atoms with Crippen LogP contribution < -0.4 is 4.74 Å². The van der Waals surface area contributed by atoms with Crippen LogP contribution >= 0.6 is 15.9 Å². The molecule has 2 nitrogen and oxygen atoms in total. The van der Waals surface area contributed by atoms with Crippen molar-refractivity contribution in [3.05, 3.63) is 63.4 Å². The predicted octanol–water partition coefficient (Wildman–Crippen LogP) is 4.35. The van der Waals surface area contributed by atoms with Gasteiger partial charge in [0.15, 0.2) is 0 Å². The molecule has 0 amide bonds. The Morgan fingerprint density at radius 1 is 1.14 bits per heavy atom. The molecular weight excluding hydrogens is 349 g/mol. The molecule has 0 saturated heterocycles. The van der Waals surface area contributed by atoms with E-state index in [0.29, 0.717) is 29.0 Å². The molecule has 112 valence electrons. The van der Waals surface area contributed by atoms with Crippen LogP contribution in [0.5, 0.6) is 5.75 Å². The summed E-state index contributed by atoms with van der Waals surface area (Å²) in [6, 6.07) is 5.81. The fourth-order valence-corrected chi connectivity index (χ4v) is 2.37. The molecule has 2 aromatic carbocycles. The lowest BCUT2D eigenvalue weighted by molar-refractivity contribution is 0.201. The normalized spacial score (nSPS) is 12.3. The first-order chi connectivity index (χ1) is 9.93. The van der Waals surface area contributed by atoms with Gasteiger partial charge in [-0.2, -0.15) is 0 Å². The van der Waals surface area contributed by atoms with Crippen molar-refractivity contribution in [2.24, 2.45) is 0 Å². The summed E-state index contributed by atoms with van der Waals surface area (Å²) < 4.78 is 46.4. The molecule has 6 heteroatoms. The molecule has 1 N–H and O–H groups in total. The molecule has 0 spiro atoms. The van der Waals surface area contributed by atoms with E-state index in [0.717, 1.165) is 0 Å². The summed E-state index contributed by atoms with van der Waals surface area (Å²) in [7, 11) is 0. The third-order valence-electron chi connectivity index (χ3n) is 2.88. The first-order valence-corrected chi connectivity index (χ1v) is 6.98. The highest BCUT2D eigenvalue weighted by Crippen LogP contribution is 2.35. The first kappa shape index (κ1) is 15.9. The lowest BCUT2D eigenvalue weighted by Gasteiger charge is -2.17. The van der Waals surface area contributed by atoms with Crippen LogP contribution in [0.2, 0.25) is 0 Å². The SMILES string of the molecule is CCOc1ccc(Br)cc1C(O)c1c(F)cc(F)cc1F. The summed E-state index contributed by atoms with van der Waals surface area (Å²) in [4.78, 5) is 0. The van der Waals surface area contributed by atoms with Crippen molar-refractivity contribution in [2.45, 2.75) is 13.0 Å². The Kier molecular flexibility index (Phi) is 4.90. The maximum Gasteiger partial charge on any atom is 0.135 e. The van der Waals surface area contributed by atoms with E-state index in [9.17, 15) is 18.3 Å². The molecule has 2 aromatic rings. The Morgan fingerprint density at radius 3 is 2.33 bits per heavy atom. The largest absolute Gasteiger partial charge is 0.493 e. The molecule has 0 aliphatic heterocycles. The van der Waals surface area contributed by atoms with Gasteiger partial charge in [-0.1, -0.05) is 15.9 Å². The van der Waals surface area contributed by atoms with Crippen LogP contribution in [0.4, 0.5) is 13.2 Å².